The molecule has 0 unspecified atom stereocenters. The molecular formula is C14H25N5. The van der Waals surface area contributed by atoms with Crippen molar-refractivity contribution in [1.82, 2.24) is 9.97 Å². The third kappa shape index (κ3) is 2.16. The van der Waals surface area contributed by atoms with Crippen molar-refractivity contribution in [1.29, 1.82) is 0 Å². The molecule has 1 aliphatic carbocycles. The highest BCUT2D eigenvalue weighted by Crippen LogP contribution is 2.68. The normalized spacial score (nSPS) is 20.1. The van der Waals surface area contributed by atoms with Gasteiger partial charge in [-0.1, -0.05) is 34.6 Å². The van der Waals surface area contributed by atoms with E-state index in [9.17, 15) is 0 Å². The zero-order chi connectivity index (χ0) is 14.3. The van der Waals surface area contributed by atoms with Crippen LogP contribution in [0, 0.1) is 16.7 Å². The lowest BCUT2D eigenvalue weighted by molar-refractivity contribution is 0.457. The van der Waals surface area contributed by atoms with Gasteiger partial charge in [-0.25, -0.2) is 15.8 Å². The highest BCUT2D eigenvalue weighted by molar-refractivity contribution is 5.56. The molecule has 0 radical (unpaired) electrons. The van der Waals surface area contributed by atoms with Gasteiger partial charge in [-0.15, -0.1) is 0 Å². The van der Waals surface area contributed by atoms with Crippen molar-refractivity contribution in [2.45, 2.75) is 41.0 Å². The van der Waals surface area contributed by atoms with Gasteiger partial charge in [0.1, 0.15) is 18.0 Å². The minimum Gasteiger partial charge on any atom is -0.369 e. The number of nitrogens with two attached hydrogens (primary N) is 1. The monoisotopic (exact) mass is 263 g/mol. The van der Waals surface area contributed by atoms with E-state index in [1.165, 1.54) is 0 Å². The first-order valence-electron chi connectivity index (χ1n) is 6.90. The summed E-state index contributed by atoms with van der Waals surface area (Å²) in [6.45, 7) is 12.3. The van der Waals surface area contributed by atoms with Gasteiger partial charge in [-0.05, 0) is 23.2 Å². The van der Waals surface area contributed by atoms with E-state index in [-0.39, 0.29) is 0 Å². The Balaban J connectivity index is 2.09. The van der Waals surface area contributed by atoms with Crippen molar-refractivity contribution in [3.8, 4) is 0 Å². The van der Waals surface area contributed by atoms with Gasteiger partial charge < -0.3 is 10.7 Å². The zero-order valence-corrected chi connectivity index (χ0v) is 12.5. The summed E-state index contributed by atoms with van der Waals surface area (Å²) >= 11 is 0. The second kappa shape index (κ2) is 4.63. The molecule has 0 atom stereocenters. The highest BCUT2D eigenvalue weighted by atomic mass is 15.3. The average Bonchev–Trinajstić information content (AvgIpc) is 2.76. The maximum absolute atomic E-state index is 5.48. The fraction of sp³-hybridized carbons (Fsp3) is 0.714. The Hall–Kier alpha value is -1.36. The molecule has 4 N–H and O–H groups in total. The quantitative estimate of drug-likeness (QED) is 0.562. The largest absolute Gasteiger partial charge is 0.369 e. The van der Waals surface area contributed by atoms with Crippen LogP contribution in [0.15, 0.2) is 6.33 Å². The van der Waals surface area contributed by atoms with E-state index in [0.29, 0.717) is 22.6 Å². The number of aromatic nitrogens is 2. The van der Waals surface area contributed by atoms with Crippen LogP contribution >= 0.6 is 0 Å². The van der Waals surface area contributed by atoms with Crippen LogP contribution in [-0.2, 0) is 6.42 Å². The Morgan fingerprint density at radius 2 is 1.74 bits per heavy atom. The second-order valence-corrected chi connectivity index (χ2v) is 6.42. The minimum absolute atomic E-state index is 0.383. The summed E-state index contributed by atoms with van der Waals surface area (Å²) in [5, 5.41) is 3.47. The van der Waals surface area contributed by atoms with Crippen LogP contribution in [0.2, 0.25) is 0 Å². The molecule has 1 heterocycles. The van der Waals surface area contributed by atoms with E-state index in [2.05, 4.69) is 55.3 Å². The molecule has 1 aromatic rings. The SMILES string of the molecule is CCc1c(NN)ncnc1NCC1C(C)(C)C1(C)C. The lowest BCUT2D eigenvalue weighted by Crippen LogP contribution is -2.15. The first-order valence-corrected chi connectivity index (χ1v) is 6.90. The van der Waals surface area contributed by atoms with Gasteiger partial charge in [0.05, 0.1) is 0 Å². The molecule has 0 spiro atoms. The van der Waals surface area contributed by atoms with E-state index in [0.717, 1.165) is 24.3 Å². The molecule has 1 aromatic heterocycles. The fourth-order valence-electron chi connectivity index (χ4n) is 3.07. The Morgan fingerprint density at radius 3 is 2.21 bits per heavy atom. The summed E-state index contributed by atoms with van der Waals surface area (Å²) in [5.41, 5.74) is 4.44. The molecule has 106 valence electrons. The molecule has 2 rings (SSSR count). The van der Waals surface area contributed by atoms with Crippen molar-refractivity contribution in [2.24, 2.45) is 22.6 Å². The van der Waals surface area contributed by atoms with E-state index in [1.807, 2.05) is 0 Å². The van der Waals surface area contributed by atoms with Crippen LogP contribution in [0.1, 0.15) is 40.2 Å². The standard InChI is InChI=1S/C14H25N5/c1-6-9-11(17-8-18-12(9)19-15)16-7-10-13(2,3)14(10,4)5/h8,10H,6-7,15H2,1-5H3,(H2,16,17,18,19). The van der Waals surface area contributed by atoms with E-state index < -0.39 is 0 Å². The molecule has 1 aliphatic rings. The summed E-state index contributed by atoms with van der Waals surface area (Å²) in [4.78, 5) is 8.48. The fourth-order valence-corrected chi connectivity index (χ4v) is 3.07. The summed E-state index contributed by atoms with van der Waals surface area (Å²) in [7, 11) is 0. The molecule has 0 aliphatic heterocycles. The van der Waals surface area contributed by atoms with Crippen molar-refractivity contribution in [2.75, 3.05) is 17.3 Å². The number of nitrogens with one attached hydrogen (secondary N) is 2. The molecule has 19 heavy (non-hydrogen) atoms. The van der Waals surface area contributed by atoms with Crippen LogP contribution in [0.25, 0.3) is 0 Å². The lowest BCUT2D eigenvalue weighted by Gasteiger charge is -2.13. The summed E-state index contributed by atoms with van der Waals surface area (Å²) in [6, 6.07) is 0. The molecule has 0 saturated heterocycles. The van der Waals surface area contributed by atoms with E-state index in [1.54, 1.807) is 6.33 Å². The Morgan fingerprint density at radius 1 is 1.16 bits per heavy atom. The number of nitrogen functional groups attached to an aromatic ring is 1. The van der Waals surface area contributed by atoms with Crippen LogP contribution < -0.4 is 16.6 Å². The van der Waals surface area contributed by atoms with Gasteiger partial charge in [0.25, 0.3) is 0 Å². The van der Waals surface area contributed by atoms with Crippen LogP contribution in [0.4, 0.5) is 11.6 Å². The second-order valence-electron chi connectivity index (χ2n) is 6.42. The molecular weight excluding hydrogens is 238 g/mol. The minimum atomic E-state index is 0.383. The van der Waals surface area contributed by atoms with Crippen LogP contribution in [-0.4, -0.2) is 16.5 Å². The maximum atomic E-state index is 5.48. The number of hydrazine groups is 1. The molecule has 5 heteroatoms. The van der Waals surface area contributed by atoms with Gasteiger partial charge in [0.15, 0.2) is 0 Å². The lowest BCUT2D eigenvalue weighted by atomic mass is 10.0. The number of hydrogen-bond acceptors (Lipinski definition) is 5. The van der Waals surface area contributed by atoms with E-state index >= 15 is 0 Å². The Labute approximate surface area is 115 Å². The smallest absolute Gasteiger partial charge is 0.148 e. The Kier molecular flexibility index (Phi) is 3.43. The van der Waals surface area contributed by atoms with Gasteiger partial charge in [0.2, 0.25) is 0 Å². The Bertz CT molecular complexity index is 453. The summed E-state index contributed by atoms with van der Waals surface area (Å²) in [5.74, 6) is 7.74. The van der Waals surface area contributed by atoms with Crippen molar-refractivity contribution >= 4 is 11.6 Å². The van der Waals surface area contributed by atoms with Gasteiger partial charge >= 0.3 is 0 Å². The van der Waals surface area contributed by atoms with Crippen LogP contribution in [0.3, 0.4) is 0 Å². The molecule has 1 fully saturated rings. The first-order chi connectivity index (χ1) is 8.86. The average molecular weight is 263 g/mol. The predicted octanol–water partition coefficient (Wildman–Crippen LogP) is 2.42. The van der Waals surface area contributed by atoms with Gasteiger partial charge in [-0.2, -0.15) is 0 Å². The number of anilines is 2. The molecule has 5 nitrogen and oxygen atoms in total. The number of nitrogens with zero attached hydrogens (tertiary/aromatic N) is 2. The molecule has 1 saturated carbocycles. The zero-order valence-electron chi connectivity index (χ0n) is 12.5. The summed E-state index contributed by atoms with van der Waals surface area (Å²) in [6.07, 6.45) is 2.39. The van der Waals surface area contributed by atoms with Crippen molar-refractivity contribution in [3.05, 3.63) is 11.9 Å². The van der Waals surface area contributed by atoms with Crippen molar-refractivity contribution < 1.29 is 0 Å². The molecule has 0 aromatic carbocycles. The number of hydrogen-bond donors (Lipinski definition) is 3. The van der Waals surface area contributed by atoms with Crippen molar-refractivity contribution in [3.63, 3.8) is 0 Å². The maximum Gasteiger partial charge on any atom is 0.148 e. The topological polar surface area (TPSA) is 75.9 Å². The first kappa shape index (κ1) is 14.1. The van der Waals surface area contributed by atoms with Crippen LogP contribution in [0.5, 0.6) is 0 Å². The molecule has 0 amide bonds. The van der Waals surface area contributed by atoms with E-state index in [4.69, 9.17) is 5.84 Å². The van der Waals surface area contributed by atoms with Gasteiger partial charge in [0, 0.05) is 12.1 Å². The van der Waals surface area contributed by atoms with Gasteiger partial charge in [-0.3, -0.25) is 0 Å². The summed E-state index contributed by atoms with van der Waals surface area (Å²) < 4.78 is 0. The third-order valence-electron chi connectivity index (χ3n) is 5.23. The number of rotatable bonds is 5. The highest BCUT2D eigenvalue weighted by Gasteiger charge is 2.64. The predicted molar refractivity (Wildman–Crippen MR) is 78.8 cm³/mol. The third-order valence-corrected chi connectivity index (χ3v) is 5.23. The molecule has 0 bridgehead atoms.